The second-order valence-corrected chi connectivity index (χ2v) is 2.40. The van der Waals surface area contributed by atoms with Crippen molar-refractivity contribution in [2.24, 2.45) is 0 Å². The third-order valence-corrected chi connectivity index (χ3v) is 1.65. The third kappa shape index (κ3) is 2.78. The summed E-state index contributed by atoms with van der Waals surface area (Å²) >= 11 is 5.41. The van der Waals surface area contributed by atoms with Crippen LogP contribution in [0.4, 0.5) is 8.78 Å². The molecule has 0 radical (unpaired) electrons. The standard InChI is InChI=1S/C7H5ClF2.C2H6/c1-4-2-5(9)3-6(10)7(4)8;1-2/h2-3H,1H3;1-2H3. The molecule has 0 saturated heterocycles. The Bertz CT molecular complexity index is 236. The monoisotopic (exact) mass is 192 g/mol. The lowest BCUT2D eigenvalue weighted by molar-refractivity contribution is 0.582. The molecule has 0 amide bonds. The van der Waals surface area contributed by atoms with Gasteiger partial charge in [-0.25, -0.2) is 8.78 Å². The largest absolute Gasteiger partial charge is 0.207 e. The molecule has 0 bridgehead atoms. The first-order chi connectivity index (χ1) is 5.61. The van der Waals surface area contributed by atoms with Gasteiger partial charge in [-0.15, -0.1) is 0 Å². The molecule has 0 unspecified atom stereocenters. The van der Waals surface area contributed by atoms with Crippen molar-refractivity contribution in [3.05, 3.63) is 34.4 Å². The molecular weight excluding hydrogens is 182 g/mol. The van der Waals surface area contributed by atoms with Gasteiger partial charge in [-0.3, -0.25) is 0 Å². The van der Waals surface area contributed by atoms with E-state index in [1.165, 1.54) is 6.07 Å². The summed E-state index contributed by atoms with van der Waals surface area (Å²) in [6, 6.07) is 1.95. The van der Waals surface area contributed by atoms with Crippen LogP contribution in [0.25, 0.3) is 0 Å². The summed E-state index contributed by atoms with van der Waals surface area (Å²) in [4.78, 5) is 0. The van der Waals surface area contributed by atoms with Crippen molar-refractivity contribution in [2.45, 2.75) is 20.8 Å². The number of hydrogen-bond donors (Lipinski definition) is 0. The zero-order valence-electron chi connectivity index (χ0n) is 7.29. The summed E-state index contributed by atoms with van der Waals surface area (Å²) in [6.45, 7) is 5.55. The predicted molar refractivity (Wildman–Crippen MR) is 47.5 cm³/mol. The molecule has 0 atom stereocenters. The normalized spacial score (nSPS) is 8.83. The van der Waals surface area contributed by atoms with Crippen LogP contribution in [-0.4, -0.2) is 0 Å². The summed E-state index contributed by atoms with van der Waals surface area (Å²) in [6.07, 6.45) is 0. The highest BCUT2D eigenvalue weighted by Crippen LogP contribution is 2.19. The maximum Gasteiger partial charge on any atom is 0.144 e. The van der Waals surface area contributed by atoms with E-state index in [0.29, 0.717) is 5.56 Å². The van der Waals surface area contributed by atoms with Crippen LogP contribution in [0, 0.1) is 18.6 Å². The number of rotatable bonds is 0. The first-order valence-corrected chi connectivity index (χ1v) is 4.10. The number of halogens is 3. The Kier molecular flexibility index (Phi) is 4.83. The van der Waals surface area contributed by atoms with Crippen molar-refractivity contribution in [1.82, 2.24) is 0 Å². The Morgan fingerprint density at radius 3 is 2.08 bits per heavy atom. The number of aryl methyl sites for hydroxylation is 1. The fourth-order valence-corrected chi connectivity index (χ4v) is 0.794. The summed E-state index contributed by atoms with van der Waals surface area (Å²) in [5.41, 5.74) is 0.416. The lowest BCUT2D eigenvalue weighted by atomic mass is 10.2. The summed E-state index contributed by atoms with van der Waals surface area (Å²) in [7, 11) is 0. The van der Waals surface area contributed by atoms with Crippen LogP contribution in [0.15, 0.2) is 12.1 Å². The quantitative estimate of drug-likeness (QED) is 0.546. The Morgan fingerprint density at radius 2 is 1.67 bits per heavy atom. The Morgan fingerprint density at radius 1 is 1.17 bits per heavy atom. The lowest BCUT2D eigenvalue weighted by Crippen LogP contribution is -1.84. The first-order valence-electron chi connectivity index (χ1n) is 3.72. The molecule has 12 heavy (non-hydrogen) atoms. The summed E-state index contributed by atoms with van der Waals surface area (Å²) in [5.74, 6) is -1.31. The average Bonchev–Trinajstić information content (AvgIpc) is 2.04. The molecule has 0 aromatic heterocycles. The molecule has 68 valence electrons. The van der Waals surface area contributed by atoms with E-state index in [2.05, 4.69) is 0 Å². The zero-order valence-corrected chi connectivity index (χ0v) is 8.04. The van der Waals surface area contributed by atoms with Crippen LogP contribution in [-0.2, 0) is 0 Å². The van der Waals surface area contributed by atoms with Crippen molar-refractivity contribution in [3.63, 3.8) is 0 Å². The molecule has 1 aromatic rings. The van der Waals surface area contributed by atoms with E-state index >= 15 is 0 Å². The van der Waals surface area contributed by atoms with Crippen molar-refractivity contribution in [2.75, 3.05) is 0 Å². The molecule has 1 rings (SSSR count). The highest BCUT2D eigenvalue weighted by Gasteiger charge is 2.03. The Labute approximate surface area is 76.2 Å². The highest BCUT2D eigenvalue weighted by atomic mass is 35.5. The van der Waals surface area contributed by atoms with Gasteiger partial charge in [0.25, 0.3) is 0 Å². The molecule has 0 heterocycles. The van der Waals surface area contributed by atoms with Crippen molar-refractivity contribution < 1.29 is 8.78 Å². The minimum absolute atomic E-state index is 0.0126. The van der Waals surface area contributed by atoms with Crippen LogP contribution < -0.4 is 0 Å². The molecule has 0 aliphatic rings. The van der Waals surface area contributed by atoms with Gasteiger partial charge in [0.2, 0.25) is 0 Å². The third-order valence-electron chi connectivity index (χ3n) is 1.17. The van der Waals surface area contributed by atoms with E-state index < -0.39 is 11.6 Å². The van der Waals surface area contributed by atoms with E-state index in [-0.39, 0.29) is 5.02 Å². The molecule has 0 fully saturated rings. The first kappa shape index (κ1) is 11.4. The fraction of sp³-hybridized carbons (Fsp3) is 0.333. The smallest absolute Gasteiger partial charge is 0.144 e. The number of benzene rings is 1. The molecule has 0 aliphatic heterocycles. The molecule has 0 N–H and O–H groups in total. The SMILES string of the molecule is CC.Cc1cc(F)cc(F)c1Cl. The zero-order chi connectivity index (χ0) is 9.72. The van der Waals surface area contributed by atoms with E-state index in [1.54, 1.807) is 6.92 Å². The average molecular weight is 193 g/mol. The van der Waals surface area contributed by atoms with E-state index in [4.69, 9.17) is 11.6 Å². The summed E-state index contributed by atoms with van der Waals surface area (Å²) in [5, 5.41) is -0.0126. The van der Waals surface area contributed by atoms with Crippen LogP contribution >= 0.6 is 11.6 Å². The molecule has 0 nitrogen and oxygen atoms in total. The van der Waals surface area contributed by atoms with E-state index in [1.807, 2.05) is 13.8 Å². The van der Waals surface area contributed by atoms with Crippen LogP contribution in [0.5, 0.6) is 0 Å². The minimum atomic E-state index is -0.709. The van der Waals surface area contributed by atoms with Gasteiger partial charge in [0.15, 0.2) is 0 Å². The van der Waals surface area contributed by atoms with Gasteiger partial charge in [-0.05, 0) is 18.6 Å². The van der Waals surface area contributed by atoms with Gasteiger partial charge in [0, 0.05) is 6.07 Å². The second-order valence-electron chi connectivity index (χ2n) is 2.02. The second kappa shape index (κ2) is 5.09. The minimum Gasteiger partial charge on any atom is -0.207 e. The molecule has 0 saturated carbocycles. The Balaban J connectivity index is 0.000000561. The highest BCUT2D eigenvalue weighted by molar-refractivity contribution is 6.31. The number of hydrogen-bond acceptors (Lipinski definition) is 0. The van der Waals surface area contributed by atoms with Gasteiger partial charge in [-0.2, -0.15) is 0 Å². The molecular formula is C9H11ClF2. The molecule has 0 spiro atoms. The van der Waals surface area contributed by atoms with Crippen molar-refractivity contribution in [3.8, 4) is 0 Å². The summed E-state index contributed by atoms with van der Waals surface area (Å²) < 4.78 is 24.8. The Hall–Kier alpha value is -0.630. The maximum atomic E-state index is 12.5. The lowest BCUT2D eigenvalue weighted by Gasteiger charge is -1.97. The van der Waals surface area contributed by atoms with Gasteiger partial charge < -0.3 is 0 Å². The van der Waals surface area contributed by atoms with Crippen LogP contribution in [0.1, 0.15) is 19.4 Å². The predicted octanol–water partition coefficient (Wildman–Crippen LogP) is 3.95. The van der Waals surface area contributed by atoms with Crippen LogP contribution in [0.2, 0.25) is 5.02 Å². The van der Waals surface area contributed by atoms with Gasteiger partial charge >= 0.3 is 0 Å². The van der Waals surface area contributed by atoms with Crippen molar-refractivity contribution >= 4 is 11.6 Å². The van der Waals surface area contributed by atoms with E-state index in [9.17, 15) is 8.78 Å². The van der Waals surface area contributed by atoms with Gasteiger partial charge in [-0.1, -0.05) is 25.4 Å². The van der Waals surface area contributed by atoms with Crippen LogP contribution in [0.3, 0.4) is 0 Å². The molecule has 0 aliphatic carbocycles. The van der Waals surface area contributed by atoms with Gasteiger partial charge in [0.05, 0.1) is 5.02 Å². The molecule has 1 aromatic carbocycles. The maximum absolute atomic E-state index is 12.5. The fourth-order valence-electron chi connectivity index (χ4n) is 0.685. The van der Waals surface area contributed by atoms with E-state index in [0.717, 1.165) is 6.07 Å². The van der Waals surface area contributed by atoms with Gasteiger partial charge in [0.1, 0.15) is 11.6 Å². The van der Waals surface area contributed by atoms with Crippen molar-refractivity contribution in [1.29, 1.82) is 0 Å². The molecule has 3 heteroatoms. The topological polar surface area (TPSA) is 0 Å².